The van der Waals surface area contributed by atoms with Crippen molar-refractivity contribution >= 4 is 11.6 Å². The van der Waals surface area contributed by atoms with Crippen LogP contribution in [0.1, 0.15) is 37.9 Å². The second-order valence-corrected chi connectivity index (χ2v) is 5.32. The van der Waals surface area contributed by atoms with Gasteiger partial charge in [0.2, 0.25) is 11.8 Å². The molecule has 1 heterocycles. The second-order valence-electron chi connectivity index (χ2n) is 5.32. The zero-order chi connectivity index (χ0) is 16.8. The van der Waals surface area contributed by atoms with E-state index in [0.29, 0.717) is 35.3 Å². The van der Waals surface area contributed by atoms with E-state index in [9.17, 15) is 4.79 Å². The lowest BCUT2D eigenvalue weighted by atomic mass is 10.2. The first-order valence-corrected chi connectivity index (χ1v) is 7.37. The first kappa shape index (κ1) is 16.8. The van der Waals surface area contributed by atoms with Crippen LogP contribution in [-0.4, -0.2) is 30.3 Å². The second kappa shape index (κ2) is 7.62. The van der Waals surface area contributed by atoms with E-state index in [1.54, 1.807) is 25.3 Å². The van der Waals surface area contributed by atoms with Crippen molar-refractivity contribution in [2.45, 2.75) is 32.6 Å². The maximum absolute atomic E-state index is 12.1. The fraction of sp³-hybridized carbons (Fsp3) is 0.438. The minimum atomic E-state index is -0.155. The molecular weight excluding hydrogens is 298 g/mol. The van der Waals surface area contributed by atoms with Gasteiger partial charge in [0.1, 0.15) is 11.5 Å². The smallest absolute Gasteiger partial charge is 0.227 e. The SMILES string of the molecule is COc1ccc(NC(=O)CCc2nc(C(C)C)no2)c(OC)c1. The van der Waals surface area contributed by atoms with Gasteiger partial charge in [-0.2, -0.15) is 4.98 Å². The van der Waals surface area contributed by atoms with Crippen molar-refractivity contribution in [2.75, 3.05) is 19.5 Å². The Morgan fingerprint density at radius 3 is 2.70 bits per heavy atom. The van der Waals surface area contributed by atoms with Gasteiger partial charge in [0.25, 0.3) is 0 Å². The van der Waals surface area contributed by atoms with Gasteiger partial charge < -0.3 is 19.3 Å². The molecule has 0 atom stereocenters. The van der Waals surface area contributed by atoms with E-state index in [1.165, 1.54) is 7.11 Å². The standard InChI is InChI=1S/C16H21N3O4/c1-10(2)16-18-15(23-19-16)8-7-14(20)17-12-6-5-11(21-3)9-13(12)22-4/h5-6,9-10H,7-8H2,1-4H3,(H,17,20). The number of nitrogens with one attached hydrogen (secondary N) is 1. The summed E-state index contributed by atoms with van der Waals surface area (Å²) in [7, 11) is 3.11. The van der Waals surface area contributed by atoms with Crippen LogP contribution in [0.3, 0.4) is 0 Å². The molecule has 0 fully saturated rings. The molecule has 1 aromatic heterocycles. The third kappa shape index (κ3) is 4.45. The van der Waals surface area contributed by atoms with Crippen LogP contribution in [-0.2, 0) is 11.2 Å². The van der Waals surface area contributed by atoms with E-state index in [2.05, 4.69) is 15.5 Å². The van der Waals surface area contributed by atoms with Gasteiger partial charge in [-0.25, -0.2) is 0 Å². The number of hydrogen-bond donors (Lipinski definition) is 1. The van der Waals surface area contributed by atoms with Gasteiger partial charge in [-0.3, -0.25) is 4.79 Å². The molecule has 2 aromatic rings. The minimum absolute atomic E-state index is 0.155. The van der Waals surface area contributed by atoms with Crippen molar-refractivity contribution in [1.29, 1.82) is 0 Å². The Morgan fingerprint density at radius 2 is 2.09 bits per heavy atom. The van der Waals surface area contributed by atoms with Crippen LogP contribution < -0.4 is 14.8 Å². The molecule has 7 nitrogen and oxygen atoms in total. The average molecular weight is 319 g/mol. The van der Waals surface area contributed by atoms with Crippen LogP contribution in [0.25, 0.3) is 0 Å². The highest BCUT2D eigenvalue weighted by Crippen LogP contribution is 2.29. The summed E-state index contributed by atoms with van der Waals surface area (Å²) in [6.45, 7) is 3.97. The number of carbonyl (C=O) groups excluding carboxylic acids is 1. The van der Waals surface area contributed by atoms with Crippen molar-refractivity contribution < 1.29 is 18.8 Å². The normalized spacial score (nSPS) is 10.7. The number of hydrogen-bond acceptors (Lipinski definition) is 6. The lowest BCUT2D eigenvalue weighted by molar-refractivity contribution is -0.116. The zero-order valence-corrected chi connectivity index (χ0v) is 13.8. The summed E-state index contributed by atoms with van der Waals surface area (Å²) in [6.07, 6.45) is 0.638. The van der Waals surface area contributed by atoms with Gasteiger partial charge in [-0.1, -0.05) is 19.0 Å². The van der Waals surface area contributed by atoms with Crippen LogP contribution in [0.2, 0.25) is 0 Å². The fourth-order valence-electron chi connectivity index (χ4n) is 1.94. The molecular formula is C16H21N3O4. The molecule has 2 rings (SSSR count). The van der Waals surface area contributed by atoms with Crippen LogP contribution in [0.15, 0.2) is 22.7 Å². The summed E-state index contributed by atoms with van der Waals surface area (Å²) in [5.41, 5.74) is 0.590. The van der Waals surface area contributed by atoms with Gasteiger partial charge in [0.05, 0.1) is 19.9 Å². The van der Waals surface area contributed by atoms with E-state index in [4.69, 9.17) is 14.0 Å². The van der Waals surface area contributed by atoms with Crippen molar-refractivity contribution in [3.8, 4) is 11.5 Å². The topological polar surface area (TPSA) is 86.5 Å². The number of aryl methyl sites for hydroxylation is 1. The largest absolute Gasteiger partial charge is 0.497 e. The predicted octanol–water partition coefficient (Wildman–Crippen LogP) is 2.78. The van der Waals surface area contributed by atoms with E-state index < -0.39 is 0 Å². The number of amides is 1. The number of methoxy groups -OCH3 is 2. The number of ether oxygens (including phenoxy) is 2. The summed E-state index contributed by atoms with van der Waals surface area (Å²) >= 11 is 0. The summed E-state index contributed by atoms with van der Waals surface area (Å²) in [4.78, 5) is 16.3. The molecule has 1 aromatic carbocycles. The van der Waals surface area contributed by atoms with Crippen molar-refractivity contribution in [3.05, 3.63) is 29.9 Å². The van der Waals surface area contributed by atoms with Crippen LogP contribution >= 0.6 is 0 Å². The molecule has 23 heavy (non-hydrogen) atoms. The highest BCUT2D eigenvalue weighted by Gasteiger charge is 2.13. The van der Waals surface area contributed by atoms with Crippen LogP contribution in [0.4, 0.5) is 5.69 Å². The van der Waals surface area contributed by atoms with Gasteiger partial charge >= 0.3 is 0 Å². The maximum atomic E-state index is 12.1. The van der Waals surface area contributed by atoms with Crippen LogP contribution in [0, 0.1) is 0 Å². The molecule has 0 saturated heterocycles. The minimum Gasteiger partial charge on any atom is -0.497 e. The van der Waals surface area contributed by atoms with Crippen molar-refractivity contribution in [3.63, 3.8) is 0 Å². The number of carbonyl (C=O) groups is 1. The molecule has 0 spiro atoms. The summed E-state index contributed by atoms with van der Waals surface area (Å²) in [6, 6.07) is 5.20. The Hall–Kier alpha value is -2.57. The average Bonchev–Trinajstić information content (AvgIpc) is 3.02. The molecule has 0 bridgehead atoms. The third-order valence-corrected chi connectivity index (χ3v) is 3.25. The molecule has 1 N–H and O–H groups in total. The Bertz CT molecular complexity index is 667. The van der Waals surface area contributed by atoms with Gasteiger partial charge in [0, 0.05) is 24.8 Å². The number of nitrogens with zero attached hydrogens (tertiary/aromatic N) is 2. The Kier molecular flexibility index (Phi) is 5.56. The Balaban J connectivity index is 1.94. The van der Waals surface area contributed by atoms with Gasteiger partial charge in [-0.05, 0) is 12.1 Å². The van der Waals surface area contributed by atoms with E-state index in [1.807, 2.05) is 13.8 Å². The fourth-order valence-corrected chi connectivity index (χ4v) is 1.94. The number of aromatic nitrogens is 2. The zero-order valence-electron chi connectivity index (χ0n) is 13.8. The van der Waals surface area contributed by atoms with Gasteiger partial charge in [-0.15, -0.1) is 0 Å². The lowest BCUT2D eigenvalue weighted by Crippen LogP contribution is -2.13. The number of rotatable bonds is 7. The maximum Gasteiger partial charge on any atom is 0.227 e. The van der Waals surface area contributed by atoms with Crippen LogP contribution in [0.5, 0.6) is 11.5 Å². The monoisotopic (exact) mass is 319 g/mol. The molecule has 0 aliphatic heterocycles. The number of benzene rings is 1. The molecule has 1 amide bonds. The molecule has 7 heteroatoms. The summed E-state index contributed by atoms with van der Waals surface area (Å²) < 4.78 is 15.5. The summed E-state index contributed by atoms with van der Waals surface area (Å²) in [5, 5.41) is 6.68. The molecule has 0 aliphatic carbocycles. The Labute approximate surface area is 135 Å². The molecule has 124 valence electrons. The van der Waals surface area contributed by atoms with E-state index in [0.717, 1.165) is 0 Å². The van der Waals surface area contributed by atoms with Crippen molar-refractivity contribution in [1.82, 2.24) is 10.1 Å². The molecule has 0 radical (unpaired) electrons. The molecule has 0 unspecified atom stereocenters. The Morgan fingerprint density at radius 1 is 1.30 bits per heavy atom. The lowest BCUT2D eigenvalue weighted by Gasteiger charge is -2.11. The van der Waals surface area contributed by atoms with E-state index >= 15 is 0 Å². The first-order chi connectivity index (χ1) is 11.0. The molecule has 0 aliphatic rings. The third-order valence-electron chi connectivity index (χ3n) is 3.25. The molecule has 0 saturated carbocycles. The van der Waals surface area contributed by atoms with E-state index in [-0.39, 0.29) is 18.2 Å². The number of anilines is 1. The quantitative estimate of drug-likeness (QED) is 0.844. The highest BCUT2D eigenvalue weighted by atomic mass is 16.5. The first-order valence-electron chi connectivity index (χ1n) is 7.37. The van der Waals surface area contributed by atoms with Gasteiger partial charge in [0.15, 0.2) is 5.82 Å². The van der Waals surface area contributed by atoms with Crippen molar-refractivity contribution in [2.24, 2.45) is 0 Å². The predicted molar refractivity (Wildman–Crippen MR) is 84.9 cm³/mol. The highest BCUT2D eigenvalue weighted by molar-refractivity contribution is 5.92. The summed E-state index contributed by atoms with van der Waals surface area (Å²) in [5.74, 6) is 2.36.